The second-order valence-electron chi connectivity index (χ2n) is 8.00. The number of ether oxygens (including phenoxy) is 1. The van der Waals surface area contributed by atoms with Crippen molar-refractivity contribution in [3.63, 3.8) is 0 Å². The van der Waals surface area contributed by atoms with Gasteiger partial charge in [-0.2, -0.15) is 0 Å². The molecule has 2 rings (SSSR count). The molecule has 0 bridgehead atoms. The zero-order valence-electron chi connectivity index (χ0n) is 17.3. The van der Waals surface area contributed by atoms with E-state index in [4.69, 9.17) is 10.5 Å². The third kappa shape index (κ3) is 8.82. The van der Waals surface area contributed by atoms with Crippen molar-refractivity contribution in [1.82, 2.24) is 5.32 Å². The van der Waals surface area contributed by atoms with Crippen LogP contribution in [-0.2, 0) is 11.2 Å². The number of aliphatic hydroxyl groups excluding tert-OH is 1. The van der Waals surface area contributed by atoms with Gasteiger partial charge in [-0.25, -0.2) is 4.79 Å². The summed E-state index contributed by atoms with van der Waals surface area (Å²) in [5, 5.41) is 13.4. The molecule has 0 radical (unpaired) electrons. The molecule has 5 nitrogen and oxygen atoms in total. The number of aliphatic hydroxyl groups is 1. The number of nitrogens with one attached hydrogen (secondary N) is 1. The molecular formula is C24H30N2O3. The first-order chi connectivity index (χ1) is 13.7. The van der Waals surface area contributed by atoms with Gasteiger partial charge in [-0.15, -0.1) is 0 Å². The Hall–Kier alpha value is -2.81. The summed E-state index contributed by atoms with van der Waals surface area (Å²) in [6.07, 6.45) is -0.598. The Morgan fingerprint density at radius 1 is 1.10 bits per heavy atom. The Kier molecular flexibility index (Phi) is 8.26. The quantitative estimate of drug-likeness (QED) is 0.657. The van der Waals surface area contributed by atoms with Crippen LogP contribution in [-0.4, -0.2) is 35.0 Å². The van der Waals surface area contributed by atoms with Crippen LogP contribution in [0.5, 0.6) is 0 Å². The van der Waals surface area contributed by atoms with Crippen LogP contribution in [0.1, 0.15) is 38.3 Å². The maximum absolute atomic E-state index is 12.2. The van der Waals surface area contributed by atoms with Crippen LogP contribution >= 0.6 is 0 Å². The number of rotatable bonds is 6. The molecule has 0 unspecified atom stereocenters. The van der Waals surface area contributed by atoms with Crippen molar-refractivity contribution in [3.05, 3.63) is 71.8 Å². The van der Waals surface area contributed by atoms with E-state index in [1.165, 1.54) is 0 Å². The molecule has 0 spiro atoms. The SMILES string of the molecule is CC(C)(C)OC(=O)N[C@@H](Cc1ccccc1)C[C@H](O)[C@@H](N)C#Cc1ccccc1. The van der Waals surface area contributed by atoms with E-state index < -0.39 is 23.8 Å². The van der Waals surface area contributed by atoms with Crippen molar-refractivity contribution < 1.29 is 14.6 Å². The molecule has 29 heavy (non-hydrogen) atoms. The second kappa shape index (κ2) is 10.7. The summed E-state index contributed by atoms with van der Waals surface area (Å²) in [4.78, 5) is 12.2. The van der Waals surface area contributed by atoms with Crippen molar-refractivity contribution in [3.8, 4) is 11.8 Å². The number of alkyl carbamates (subject to hydrolysis) is 1. The summed E-state index contributed by atoms with van der Waals surface area (Å²) in [6.45, 7) is 5.42. The number of carbonyl (C=O) groups excluding carboxylic acids is 1. The fourth-order valence-corrected chi connectivity index (χ4v) is 2.79. The lowest BCUT2D eigenvalue weighted by atomic mass is 9.97. The predicted octanol–water partition coefficient (Wildman–Crippen LogP) is 3.25. The zero-order valence-corrected chi connectivity index (χ0v) is 17.3. The molecule has 1 amide bonds. The highest BCUT2D eigenvalue weighted by atomic mass is 16.6. The van der Waals surface area contributed by atoms with E-state index in [-0.39, 0.29) is 12.5 Å². The van der Waals surface area contributed by atoms with Crippen molar-refractivity contribution in [2.75, 3.05) is 0 Å². The number of amides is 1. The lowest BCUT2D eigenvalue weighted by molar-refractivity contribution is 0.0481. The van der Waals surface area contributed by atoms with E-state index in [1.54, 1.807) is 0 Å². The summed E-state index contributed by atoms with van der Waals surface area (Å²) < 4.78 is 5.36. The van der Waals surface area contributed by atoms with Crippen molar-refractivity contribution >= 4 is 6.09 Å². The fourth-order valence-electron chi connectivity index (χ4n) is 2.79. The van der Waals surface area contributed by atoms with Gasteiger partial charge >= 0.3 is 6.09 Å². The van der Waals surface area contributed by atoms with E-state index in [2.05, 4.69) is 17.2 Å². The largest absolute Gasteiger partial charge is 0.444 e. The molecule has 3 atom stereocenters. The van der Waals surface area contributed by atoms with E-state index in [9.17, 15) is 9.90 Å². The van der Waals surface area contributed by atoms with Crippen LogP contribution in [0.3, 0.4) is 0 Å². The van der Waals surface area contributed by atoms with Crippen LogP contribution in [0.15, 0.2) is 60.7 Å². The van der Waals surface area contributed by atoms with E-state index >= 15 is 0 Å². The Morgan fingerprint density at radius 2 is 1.69 bits per heavy atom. The van der Waals surface area contributed by atoms with Crippen LogP contribution in [0.25, 0.3) is 0 Å². The molecule has 0 heterocycles. The Morgan fingerprint density at radius 3 is 2.28 bits per heavy atom. The number of hydrogen-bond donors (Lipinski definition) is 3. The molecule has 0 aliphatic rings. The average molecular weight is 395 g/mol. The molecular weight excluding hydrogens is 364 g/mol. The van der Waals surface area contributed by atoms with Crippen LogP contribution in [0.4, 0.5) is 4.79 Å². The third-order valence-electron chi connectivity index (χ3n) is 4.14. The summed E-state index contributed by atoms with van der Waals surface area (Å²) in [5.41, 5.74) is 7.35. The minimum absolute atomic E-state index is 0.263. The first kappa shape index (κ1) is 22.5. The number of benzene rings is 2. The average Bonchev–Trinajstić information content (AvgIpc) is 2.66. The van der Waals surface area contributed by atoms with Gasteiger partial charge < -0.3 is 20.9 Å². The molecule has 2 aromatic rings. The van der Waals surface area contributed by atoms with Gasteiger partial charge in [-0.3, -0.25) is 0 Å². The van der Waals surface area contributed by atoms with E-state index in [1.807, 2.05) is 81.4 Å². The van der Waals surface area contributed by atoms with Crippen LogP contribution in [0, 0.1) is 11.8 Å². The Labute approximate surface area is 173 Å². The molecule has 2 aromatic carbocycles. The molecule has 0 aliphatic carbocycles. The summed E-state index contributed by atoms with van der Waals surface area (Å²) >= 11 is 0. The predicted molar refractivity (Wildman–Crippen MR) is 115 cm³/mol. The molecule has 0 saturated carbocycles. The monoisotopic (exact) mass is 394 g/mol. The lowest BCUT2D eigenvalue weighted by Gasteiger charge is -2.26. The molecule has 4 N–H and O–H groups in total. The van der Waals surface area contributed by atoms with Crippen molar-refractivity contribution in [1.29, 1.82) is 0 Å². The van der Waals surface area contributed by atoms with Crippen LogP contribution in [0.2, 0.25) is 0 Å². The molecule has 5 heteroatoms. The van der Waals surface area contributed by atoms with Gasteiger partial charge in [0.1, 0.15) is 5.60 Å². The van der Waals surface area contributed by atoms with E-state index in [0.29, 0.717) is 6.42 Å². The smallest absolute Gasteiger partial charge is 0.407 e. The number of hydrogen-bond acceptors (Lipinski definition) is 4. The van der Waals surface area contributed by atoms with Crippen molar-refractivity contribution in [2.45, 2.75) is 57.4 Å². The highest BCUT2D eigenvalue weighted by Gasteiger charge is 2.24. The van der Waals surface area contributed by atoms with Gasteiger partial charge in [-0.1, -0.05) is 60.4 Å². The number of carbonyl (C=O) groups is 1. The maximum Gasteiger partial charge on any atom is 0.407 e. The van der Waals surface area contributed by atoms with Gasteiger partial charge in [-0.05, 0) is 51.3 Å². The first-order valence-corrected chi connectivity index (χ1v) is 9.76. The topological polar surface area (TPSA) is 84.6 Å². The standard InChI is InChI=1S/C24H30N2O3/c1-24(2,3)29-23(28)26-20(16-19-12-8-5-9-13-19)17-22(27)21(25)15-14-18-10-6-4-7-11-18/h4-13,20-22,27H,16-17,25H2,1-3H3,(H,26,28)/t20-,21-,22-/m0/s1. The third-order valence-corrected chi connectivity index (χ3v) is 4.14. The van der Waals surface area contributed by atoms with Gasteiger partial charge in [0.25, 0.3) is 0 Å². The Balaban J connectivity index is 2.04. The lowest BCUT2D eigenvalue weighted by Crippen LogP contribution is -2.45. The molecule has 0 aromatic heterocycles. The summed E-state index contributed by atoms with van der Waals surface area (Å²) in [6, 6.07) is 18.2. The minimum Gasteiger partial charge on any atom is -0.444 e. The Bertz CT molecular complexity index is 820. The van der Waals surface area contributed by atoms with Crippen LogP contribution < -0.4 is 11.1 Å². The van der Waals surface area contributed by atoms with E-state index in [0.717, 1.165) is 11.1 Å². The summed E-state index contributed by atoms with van der Waals surface area (Å²) in [7, 11) is 0. The second-order valence-corrected chi connectivity index (χ2v) is 8.00. The molecule has 0 saturated heterocycles. The maximum atomic E-state index is 12.2. The molecule has 154 valence electrons. The highest BCUT2D eigenvalue weighted by molar-refractivity contribution is 5.68. The molecule has 0 fully saturated rings. The minimum atomic E-state index is -0.894. The van der Waals surface area contributed by atoms with Crippen molar-refractivity contribution in [2.24, 2.45) is 5.73 Å². The zero-order chi connectivity index (χ0) is 21.3. The van der Waals surface area contributed by atoms with Gasteiger partial charge in [0.2, 0.25) is 0 Å². The van der Waals surface area contributed by atoms with Gasteiger partial charge in [0.15, 0.2) is 0 Å². The van der Waals surface area contributed by atoms with Gasteiger partial charge in [0, 0.05) is 11.6 Å². The van der Waals surface area contributed by atoms with Gasteiger partial charge in [0.05, 0.1) is 12.1 Å². The highest BCUT2D eigenvalue weighted by Crippen LogP contribution is 2.12. The number of nitrogens with two attached hydrogens (primary N) is 1. The first-order valence-electron chi connectivity index (χ1n) is 9.76. The normalized spacial score (nSPS) is 14.1. The summed E-state index contributed by atoms with van der Waals surface area (Å²) in [5.74, 6) is 5.87. The fraction of sp³-hybridized carbons (Fsp3) is 0.375. The molecule has 0 aliphatic heterocycles.